The normalized spacial score (nSPS) is 9.91. The molecular weight excluding hydrogens is 160 g/mol. The van der Waals surface area contributed by atoms with E-state index in [0.29, 0.717) is 0 Å². The van der Waals surface area contributed by atoms with E-state index in [1.165, 1.54) is 23.9 Å². The second-order valence-electron chi connectivity index (χ2n) is 2.09. The number of aromatic hydroxyl groups is 2. The minimum atomic E-state index is 0.193. The maximum atomic E-state index is 9.23. The number of rotatable bonds is 2. The second-order valence-corrected chi connectivity index (χ2v) is 3.39. The van der Waals surface area contributed by atoms with E-state index in [9.17, 15) is 5.11 Å². The molecule has 2 N–H and O–H groups in total. The Hall–Kier alpha value is -0.830. The van der Waals surface area contributed by atoms with Crippen molar-refractivity contribution in [2.24, 2.45) is 0 Å². The fourth-order valence-electron chi connectivity index (χ4n) is 0.774. The summed E-state index contributed by atoms with van der Waals surface area (Å²) in [5.41, 5.74) is 0. The standard InChI is InChI=1S/C8H10O2S/c1-2-11-8-5-6(9)3-4-7(8)10/h3-5,9-10H,2H2,1H3. The molecule has 0 saturated heterocycles. The molecule has 2 nitrogen and oxygen atoms in total. The average molecular weight is 170 g/mol. The van der Waals surface area contributed by atoms with Crippen molar-refractivity contribution in [1.29, 1.82) is 0 Å². The van der Waals surface area contributed by atoms with Crippen LogP contribution in [0.15, 0.2) is 23.1 Å². The summed E-state index contributed by atoms with van der Waals surface area (Å²) in [6, 6.07) is 4.52. The molecule has 0 saturated carbocycles. The van der Waals surface area contributed by atoms with Crippen LogP contribution < -0.4 is 0 Å². The molecule has 0 amide bonds. The third kappa shape index (κ3) is 2.05. The zero-order chi connectivity index (χ0) is 8.27. The van der Waals surface area contributed by atoms with Gasteiger partial charge in [0.2, 0.25) is 0 Å². The highest BCUT2D eigenvalue weighted by Gasteiger charge is 2.00. The number of phenols is 2. The largest absolute Gasteiger partial charge is 0.508 e. The highest BCUT2D eigenvalue weighted by atomic mass is 32.2. The van der Waals surface area contributed by atoms with Gasteiger partial charge in [0.1, 0.15) is 11.5 Å². The number of benzene rings is 1. The molecule has 0 radical (unpaired) electrons. The van der Waals surface area contributed by atoms with Crippen molar-refractivity contribution in [3.05, 3.63) is 18.2 Å². The van der Waals surface area contributed by atoms with Gasteiger partial charge in [0, 0.05) is 0 Å². The Kier molecular flexibility index (Phi) is 2.65. The number of hydrogen-bond acceptors (Lipinski definition) is 3. The third-order valence-electron chi connectivity index (χ3n) is 1.24. The van der Waals surface area contributed by atoms with Crippen LogP contribution in [0.25, 0.3) is 0 Å². The molecule has 1 aromatic carbocycles. The molecule has 0 spiro atoms. The van der Waals surface area contributed by atoms with Gasteiger partial charge in [0.05, 0.1) is 4.90 Å². The Morgan fingerprint density at radius 1 is 1.36 bits per heavy atom. The summed E-state index contributed by atoms with van der Waals surface area (Å²) in [6.45, 7) is 1.99. The first-order valence-electron chi connectivity index (χ1n) is 3.39. The molecule has 0 fully saturated rings. The van der Waals surface area contributed by atoms with Crippen molar-refractivity contribution in [1.82, 2.24) is 0 Å². The molecule has 0 unspecified atom stereocenters. The van der Waals surface area contributed by atoms with Gasteiger partial charge in [0.15, 0.2) is 0 Å². The van der Waals surface area contributed by atoms with Crippen LogP contribution in [0.2, 0.25) is 0 Å². The van der Waals surface area contributed by atoms with Crippen LogP contribution in [0.1, 0.15) is 6.92 Å². The smallest absolute Gasteiger partial charge is 0.129 e. The first-order chi connectivity index (χ1) is 5.24. The monoisotopic (exact) mass is 170 g/mol. The second kappa shape index (κ2) is 3.53. The lowest BCUT2D eigenvalue weighted by atomic mass is 10.3. The predicted octanol–water partition coefficient (Wildman–Crippen LogP) is 2.21. The zero-order valence-electron chi connectivity index (χ0n) is 6.24. The van der Waals surface area contributed by atoms with Crippen LogP contribution in [0.3, 0.4) is 0 Å². The van der Waals surface area contributed by atoms with Gasteiger partial charge < -0.3 is 10.2 Å². The van der Waals surface area contributed by atoms with Crippen molar-refractivity contribution in [3.8, 4) is 11.5 Å². The predicted molar refractivity (Wildman–Crippen MR) is 46.2 cm³/mol. The van der Waals surface area contributed by atoms with Crippen LogP contribution in [0.4, 0.5) is 0 Å². The molecule has 60 valence electrons. The van der Waals surface area contributed by atoms with Crippen molar-refractivity contribution in [3.63, 3.8) is 0 Å². The van der Waals surface area contributed by atoms with E-state index in [4.69, 9.17) is 5.11 Å². The molecule has 0 aliphatic carbocycles. The van der Waals surface area contributed by atoms with Crippen molar-refractivity contribution in [2.45, 2.75) is 11.8 Å². The minimum Gasteiger partial charge on any atom is -0.508 e. The van der Waals surface area contributed by atoms with Crippen LogP contribution in [-0.2, 0) is 0 Å². The maximum Gasteiger partial charge on any atom is 0.129 e. The summed E-state index contributed by atoms with van der Waals surface area (Å²) < 4.78 is 0. The van der Waals surface area contributed by atoms with Gasteiger partial charge in [-0.25, -0.2) is 0 Å². The lowest BCUT2D eigenvalue weighted by molar-refractivity contribution is 0.449. The number of phenolic OH excluding ortho intramolecular Hbond substituents is 2. The van der Waals surface area contributed by atoms with Gasteiger partial charge in [-0.05, 0) is 24.0 Å². The third-order valence-corrected chi connectivity index (χ3v) is 2.17. The maximum absolute atomic E-state index is 9.23. The van der Waals surface area contributed by atoms with Crippen molar-refractivity contribution >= 4 is 11.8 Å². The molecular formula is C8H10O2S. The molecule has 1 aromatic rings. The summed E-state index contributed by atoms with van der Waals surface area (Å²) in [5.74, 6) is 1.31. The molecule has 0 atom stereocenters. The average Bonchev–Trinajstić information content (AvgIpc) is 1.98. The number of hydrogen-bond donors (Lipinski definition) is 2. The van der Waals surface area contributed by atoms with Crippen LogP contribution in [0, 0.1) is 0 Å². The molecule has 11 heavy (non-hydrogen) atoms. The highest BCUT2D eigenvalue weighted by Crippen LogP contribution is 2.30. The summed E-state index contributed by atoms with van der Waals surface area (Å²) in [5, 5.41) is 18.3. The molecule has 0 heterocycles. The van der Waals surface area contributed by atoms with E-state index in [1.807, 2.05) is 6.92 Å². The summed E-state index contributed by atoms with van der Waals surface area (Å²) in [7, 11) is 0. The Balaban J connectivity index is 2.93. The van der Waals surface area contributed by atoms with Gasteiger partial charge in [-0.1, -0.05) is 6.92 Å². The van der Waals surface area contributed by atoms with Crippen LogP contribution in [-0.4, -0.2) is 16.0 Å². The Morgan fingerprint density at radius 3 is 2.73 bits per heavy atom. The summed E-state index contributed by atoms with van der Waals surface area (Å²) in [4.78, 5) is 0.729. The minimum absolute atomic E-state index is 0.193. The Labute approximate surface area is 69.9 Å². The summed E-state index contributed by atoms with van der Waals surface area (Å²) in [6.07, 6.45) is 0. The first-order valence-corrected chi connectivity index (χ1v) is 4.37. The van der Waals surface area contributed by atoms with E-state index in [-0.39, 0.29) is 11.5 Å². The quantitative estimate of drug-likeness (QED) is 0.528. The van der Waals surface area contributed by atoms with E-state index in [2.05, 4.69) is 0 Å². The van der Waals surface area contributed by atoms with Gasteiger partial charge in [-0.3, -0.25) is 0 Å². The Bertz CT molecular complexity index is 248. The fourth-order valence-corrected chi connectivity index (χ4v) is 1.50. The number of thioether (sulfide) groups is 1. The van der Waals surface area contributed by atoms with E-state index in [0.717, 1.165) is 10.6 Å². The van der Waals surface area contributed by atoms with Crippen LogP contribution >= 0.6 is 11.8 Å². The first kappa shape index (κ1) is 8.27. The zero-order valence-corrected chi connectivity index (χ0v) is 7.06. The molecule has 0 aliphatic rings. The molecule has 0 aliphatic heterocycles. The van der Waals surface area contributed by atoms with E-state index >= 15 is 0 Å². The van der Waals surface area contributed by atoms with Crippen LogP contribution in [0.5, 0.6) is 11.5 Å². The fraction of sp³-hybridized carbons (Fsp3) is 0.250. The molecule has 0 bridgehead atoms. The summed E-state index contributed by atoms with van der Waals surface area (Å²) >= 11 is 1.51. The highest BCUT2D eigenvalue weighted by molar-refractivity contribution is 7.99. The van der Waals surface area contributed by atoms with Gasteiger partial charge in [0.25, 0.3) is 0 Å². The topological polar surface area (TPSA) is 40.5 Å². The van der Waals surface area contributed by atoms with Crippen molar-refractivity contribution < 1.29 is 10.2 Å². The van der Waals surface area contributed by atoms with Gasteiger partial charge >= 0.3 is 0 Å². The van der Waals surface area contributed by atoms with Gasteiger partial charge in [-0.2, -0.15) is 0 Å². The molecule has 0 aromatic heterocycles. The van der Waals surface area contributed by atoms with Gasteiger partial charge in [-0.15, -0.1) is 11.8 Å². The van der Waals surface area contributed by atoms with Crippen molar-refractivity contribution in [2.75, 3.05) is 5.75 Å². The lowest BCUT2D eigenvalue weighted by Crippen LogP contribution is -1.74. The van der Waals surface area contributed by atoms with E-state index < -0.39 is 0 Å². The van der Waals surface area contributed by atoms with E-state index in [1.54, 1.807) is 6.07 Å². The molecule has 1 rings (SSSR count). The lowest BCUT2D eigenvalue weighted by Gasteiger charge is -2.01. The molecule has 3 heteroatoms. The SMILES string of the molecule is CCSc1cc(O)ccc1O. The Morgan fingerprint density at radius 2 is 2.09 bits per heavy atom.